The van der Waals surface area contributed by atoms with E-state index in [-0.39, 0.29) is 0 Å². The van der Waals surface area contributed by atoms with Crippen LogP contribution in [0.3, 0.4) is 0 Å². The molecule has 0 spiro atoms. The molecule has 1 heterocycles. The maximum Gasteiger partial charge on any atom is 0.209 e. The summed E-state index contributed by atoms with van der Waals surface area (Å²) < 4.78 is 1.65. The second-order valence-corrected chi connectivity index (χ2v) is 5.07. The topological polar surface area (TPSA) is 79.4 Å². The molecule has 7 heteroatoms. The van der Waals surface area contributed by atoms with Gasteiger partial charge in [-0.05, 0) is 36.7 Å². The van der Waals surface area contributed by atoms with Gasteiger partial charge in [0.2, 0.25) is 5.16 Å². The number of hydrogen-bond donors (Lipinski definition) is 1. The molecule has 0 aromatic carbocycles. The van der Waals surface area contributed by atoms with Crippen LogP contribution in [0.25, 0.3) is 0 Å². The largest absolute Gasteiger partial charge is 0.300 e. The van der Waals surface area contributed by atoms with E-state index in [2.05, 4.69) is 26.9 Å². The summed E-state index contributed by atoms with van der Waals surface area (Å²) in [6.45, 7) is 4.75. The van der Waals surface area contributed by atoms with Crippen molar-refractivity contribution in [2.45, 2.75) is 37.4 Å². The summed E-state index contributed by atoms with van der Waals surface area (Å²) in [5, 5.41) is 24.3. The van der Waals surface area contributed by atoms with Gasteiger partial charge in [0.05, 0.1) is 6.07 Å². The third-order valence-corrected chi connectivity index (χ3v) is 3.54. The van der Waals surface area contributed by atoms with E-state index in [0.717, 1.165) is 30.3 Å². The minimum Gasteiger partial charge on any atom is -0.300 e. The lowest BCUT2D eigenvalue weighted by Gasteiger charge is -2.21. The Labute approximate surface area is 106 Å². The predicted octanol–water partition coefficient (Wildman–Crippen LogP) is 0.974. The van der Waals surface area contributed by atoms with Crippen LogP contribution in [0.1, 0.15) is 26.7 Å². The Hall–Kier alpha value is -1.13. The van der Waals surface area contributed by atoms with Gasteiger partial charge in [-0.2, -0.15) is 5.26 Å². The fourth-order valence-corrected chi connectivity index (χ4v) is 2.30. The first kappa shape index (κ1) is 13.9. The van der Waals surface area contributed by atoms with E-state index >= 15 is 0 Å². The van der Waals surface area contributed by atoms with E-state index in [1.54, 1.807) is 16.4 Å². The van der Waals surface area contributed by atoms with Gasteiger partial charge in [-0.15, -0.1) is 5.10 Å². The van der Waals surface area contributed by atoms with E-state index in [0.29, 0.717) is 0 Å². The highest BCUT2D eigenvalue weighted by Gasteiger charge is 2.21. The summed E-state index contributed by atoms with van der Waals surface area (Å²) in [5.74, 6) is 0.914. The molecule has 1 atom stereocenters. The van der Waals surface area contributed by atoms with Crippen molar-refractivity contribution in [3.63, 3.8) is 0 Å². The summed E-state index contributed by atoms with van der Waals surface area (Å²) in [5.41, 5.74) is -0.423. The molecule has 0 saturated heterocycles. The van der Waals surface area contributed by atoms with Crippen LogP contribution in [0, 0.1) is 11.3 Å². The summed E-state index contributed by atoms with van der Waals surface area (Å²) in [6.07, 6.45) is 1.78. The van der Waals surface area contributed by atoms with Crippen LogP contribution in [0.2, 0.25) is 0 Å². The molecule has 94 valence electrons. The maximum absolute atomic E-state index is 9.09. The highest BCUT2D eigenvalue weighted by atomic mass is 32.2. The number of rotatable bonds is 7. The highest BCUT2D eigenvalue weighted by Crippen LogP contribution is 2.18. The van der Waals surface area contributed by atoms with Crippen molar-refractivity contribution >= 4 is 11.8 Å². The van der Waals surface area contributed by atoms with Crippen LogP contribution in [0.4, 0.5) is 0 Å². The number of nitriles is 1. The molecular formula is C10H18N6S. The van der Waals surface area contributed by atoms with Crippen molar-refractivity contribution in [1.29, 1.82) is 5.26 Å². The Bertz CT molecular complexity index is 384. The van der Waals surface area contributed by atoms with Gasteiger partial charge in [0.15, 0.2) is 0 Å². The van der Waals surface area contributed by atoms with Gasteiger partial charge in [0.1, 0.15) is 5.54 Å². The zero-order chi connectivity index (χ0) is 12.7. The molecule has 0 aliphatic heterocycles. The molecular weight excluding hydrogens is 236 g/mol. The number of nitrogens with one attached hydrogen (secondary N) is 1. The Kier molecular flexibility index (Phi) is 5.38. The third-order valence-electron chi connectivity index (χ3n) is 2.45. The molecule has 0 saturated carbocycles. The van der Waals surface area contributed by atoms with Crippen LogP contribution in [0.15, 0.2) is 5.16 Å². The van der Waals surface area contributed by atoms with E-state index in [9.17, 15) is 0 Å². The fourth-order valence-electron chi connectivity index (χ4n) is 1.51. The summed E-state index contributed by atoms with van der Waals surface area (Å²) in [6, 6.07) is 2.32. The van der Waals surface area contributed by atoms with Crippen molar-refractivity contribution in [1.82, 2.24) is 25.5 Å². The molecule has 17 heavy (non-hydrogen) atoms. The standard InChI is InChI=1S/C10H18N6S/c1-4-12-10(2,8-11)6-5-7-17-9-13-14-15-16(9)3/h12H,4-7H2,1-3H3. The Morgan fingerprint density at radius 2 is 2.35 bits per heavy atom. The molecule has 1 aromatic rings. The Balaban J connectivity index is 2.29. The first-order valence-corrected chi connectivity index (χ1v) is 6.61. The zero-order valence-corrected chi connectivity index (χ0v) is 11.3. The first-order valence-electron chi connectivity index (χ1n) is 5.63. The maximum atomic E-state index is 9.09. The number of nitrogens with zero attached hydrogens (tertiary/aromatic N) is 5. The molecule has 0 amide bonds. The molecule has 1 aromatic heterocycles. The molecule has 0 aliphatic rings. The van der Waals surface area contributed by atoms with Crippen LogP contribution in [-0.2, 0) is 7.05 Å². The van der Waals surface area contributed by atoms with E-state index in [1.807, 2.05) is 20.9 Å². The van der Waals surface area contributed by atoms with Crippen molar-refractivity contribution in [3.05, 3.63) is 0 Å². The summed E-state index contributed by atoms with van der Waals surface area (Å²) in [4.78, 5) is 0. The van der Waals surface area contributed by atoms with Crippen LogP contribution in [0.5, 0.6) is 0 Å². The Morgan fingerprint density at radius 1 is 1.59 bits per heavy atom. The molecule has 6 nitrogen and oxygen atoms in total. The lowest BCUT2D eigenvalue weighted by atomic mass is 9.98. The van der Waals surface area contributed by atoms with Gasteiger partial charge in [-0.25, -0.2) is 4.68 Å². The number of tetrazole rings is 1. The number of hydrogen-bond acceptors (Lipinski definition) is 6. The van der Waals surface area contributed by atoms with Gasteiger partial charge < -0.3 is 0 Å². The van der Waals surface area contributed by atoms with E-state index in [4.69, 9.17) is 5.26 Å². The second-order valence-electron chi connectivity index (χ2n) is 4.01. The third kappa shape index (κ3) is 4.32. The summed E-state index contributed by atoms with van der Waals surface area (Å²) in [7, 11) is 1.82. The monoisotopic (exact) mass is 254 g/mol. The molecule has 0 radical (unpaired) electrons. The fraction of sp³-hybridized carbons (Fsp3) is 0.800. The van der Waals surface area contributed by atoms with Gasteiger partial charge in [-0.3, -0.25) is 5.32 Å². The van der Waals surface area contributed by atoms with Crippen LogP contribution >= 0.6 is 11.8 Å². The lowest BCUT2D eigenvalue weighted by molar-refractivity contribution is 0.426. The average molecular weight is 254 g/mol. The number of aromatic nitrogens is 4. The predicted molar refractivity (Wildman–Crippen MR) is 66.5 cm³/mol. The highest BCUT2D eigenvalue weighted by molar-refractivity contribution is 7.99. The van der Waals surface area contributed by atoms with Crippen LogP contribution < -0.4 is 5.32 Å². The molecule has 0 bridgehead atoms. The number of thioether (sulfide) groups is 1. The van der Waals surface area contributed by atoms with Crippen molar-refractivity contribution in [2.24, 2.45) is 7.05 Å². The Morgan fingerprint density at radius 3 is 2.88 bits per heavy atom. The van der Waals surface area contributed by atoms with Crippen molar-refractivity contribution < 1.29 is 0 Å². The molecule has 1 N–H and O–H groups in total. The molecule has 1 rings (SSSR count). The zero-order valence-electron chi connectivity index (χ0n) is 10.5. The average Bonchev–Trinajstić information content (AvgIpc) is 2.71. The molecule has 0 aliphatic carbocycles. The minimum absolute atomic E-state index is 0.423. The SMILES string of the molecule is CCNC(C)(C#N)CCCSc1nnnn1C. The second kappa shape index (κ2) is 6.57. The molecule has 0 fully saturated rings. The van der Waals surface area contributed by atoms with Crippen molar-refractivity contribution in [3.8, 4) is 6.07 Å². The quantitative estimate of drug-likeness (QED) is 0.577. The van der Waals surface area contributed by atoms with Gasteiger partial charge in [0.25, 0.3) is 0 Å². The normalized spacial score (nSPS) is 14.2. The van der Waals surface area contributed by atoms with Gasteiger partial charge in [0, 0.05) is 12.8 Å². The van der Waals surface area contributed by atoms with E-state index < -0.39 is 5.54 Å². The van der Waals surface area contributed by atoms with Gasteiger partial charge in [-0.1, -0.05) is 18.7 Å². The van der Waals surface area contributed by atoms with Crippen LogP contribution in [-0.4, -0.2) is 38.0 Å². The molecule has 1 unspecified atom stereocenters. The van der Waals surface area contributed by atoms with Crippen molar-refractivity contribution in [2.75, 3.05) is 12.3 Å². The van der Waals surface area contributed by atoms with Gasteiger partial charge >= 0.3 is 0 Å². The number of aryl methyl sites for hydroxylation is 1. The first-order chi connectivity index (χ1) is 8.11. The van der Waals surface area contributed by atoms with E-state index in [1.165, 1.54) is 0 Å². The smallest absolute Gasteiger partial charge is 0.209 e. The summed E-state index contributed by atoms with van der Waals surface area (Å²) >= 11 is 1.61. The minimum atomic E-state index is -0.423. The lowest BCUT2D eigenvalue weighted by Crippen LogP contribution is -2.40.